The molecule has 0 saturated heterocycles. The smallest absolute Gasteiger partial charge is 0.230 e. The maximum absolute atomic E-state index is 13.2. The lowest BCUT2D eigenvalue weighted by atomic mass is 10.1. The van der Waals surface area contributed by atoms with Gasteiger partial charge < -0.3 is 5.32 Å². The minimum atomic E-state index is -0.640. The molecule has 0 saturated carbocycles. The van der Waals surface area contributed by atoms with E-state index in [1.54, 1.807) is 0 Å². The molecule has 0 heterocycles. The number of benzene rings is 1. The van der Waals surface area contributed by atoms with E-state index in [2.05, 4.69) is 5.32 Å². The average molecular weight is 259 g/mol. The first-order valence-electron chi connectivity index (χ1n) is 5.17. The van der Waals surface area contributed by atoms with Crippen LogP contribution < -0.4 is 5.32 Å². The summed E-state index contributed by atoms with van der Waals surface area (Å²) < 4.78 is 25.9. The normalized spacial score (nSPS) is 11.4. The molecule has 0 bridgehead atoms. The Hall–Kier alpha value is -1.10. The van der Waals surface area contributed by atoms with Gasteiger partial charge in [0.2, 0.25) is 5.91 Å². The zero-order chi connectivity index (χ0) is 13.1. The summed E-state index contributed by atoms with van der Waals surface area (Å²) in [6, 6.07) is 3.32. The van der Waals surface area contributed by atoms with E-state index in [0.717, 1.165) is 17.8 Å². The van der Waals surface area contributed by atoms with Crippen LogP contribution in [-0.2, 0) is 4.79 Å². The van der Waals surface area contributed by atoms with Gasteiger partial charge in [0.25, 0.3) is 0 Å². The maximum Gasteiger partial charge on any atom is 0.230 e. The molecule has 0 atom stereocenters. The van der Waals surface area contributed by atoms with Gasteiger partial charge in [-0.15, -0.1) is 11.8 Å². The van der Waals surface area contributed by atoms with Crippen LogP contribution >= 0.6 is 11.8 Å². The molecule has 17 heavy (non-hydrogen) atoms. The number of carbonyl (C=O) groups excluding carboxylic acids is 1. The first kappa shape index (κ1) is 14.0. The highest BCUT2D eigenvalue weighted by molar-refractivity contribution is 8.00. The summed E-state index contributed by atoms with van der Waals surface area (Å²) >= 11 is 1.05. The van der Waals surface area contributed by atoms with Gasteiger partial charge in [-0.1, -0.05) is 0 Å². The van der Waals surface area contributed by atoms with E-state index in [1.807, 2.05) is 20.8 Å². The number of amides is 1. The lowest BCUT2D eigenvalue weighted by molar-refractivity contribution is -0.119. The molecule has 1 rings (SSSR count). The van der Waals surface area contributed by atoms with Crippen LogP contribution in [0.25, 0.3) is 0 Å². The fourth-order valence-corrected chi connectivity index (χ4v) is 1.91. The van der Waals surface area contributed by atoms with Gasteiger partial charge in [0.15, 0.2) is 0 Å². The van der Waals surface area contributed by atoms with Crippen molar-refractivity contribution in [3.8, 4) is 0 Å². The molecule has 5 heteroatoms. The highest BCUT2D eigenvalue weighted by Crippen LogP contribution is 2.22. The second-order valence-electron chi connectivity index (χ2n) is 4.66. The Morgan fingerprint density at radius 1 is 1.35 bits per heavy atom. The van der Waals surface area contributed by atoms with E-state index in [0.29, 0.717) is 0 Å². The van der Waals surface area contributed by atoms with Gasteiger partial charge in [0.05, 0.1) is 5.75 Å². The van der Waals surface area contributed by atoms with Gasteiger partial charge in [0, 0.05) is 16.5 Å². The Morgan fingerprint density at radius 3 is 2.53 bits per heavy atom. The predicted molar refractivity (Wildman–Crippen MR) is 65.0 cm³/mol. The van der Waals surface area contributed by atoms with Crippen LogP contribution in [-0.4, -0.2) is 17.2 Å². The summed E-state index contributed by atoms with van der Waals surface area (Å²) in [4.78, 5) is 11.8. The van der Waals surface area contributed by atoms with Crippen LogP contribution in [0.1, 0.15) is 20.8 Å². The molecule has 94 valence electrons. The minimum absolute atomic E-state index is 0.111. The van der Waals surface area contributed by atoms with Crippen molar-refractivity contribution in [3.63, 3.8) is 0 Å². The summed E-state index contributed by atoms with van der Waals surface area (Å²) in [6.07, 6.45) is 0. The molecule has 0 radical (unpaired) electrons. The van der Waals surface area contributed by atoms with E-state index >= 15 is 0 Å². The Kier molecular flexibility index (Phi) is 4.51. The lowest BCUT2D eigenvalue weighted by Gasteiger charge is -2.20. The fraction of sp³-hybridized carbons (Fsp3) is 0.417. The summed E-state index contributed by atoms with van der Waals surface area (Å²) in [5, 5.41) is 2.76. The van der Waals surface area contributed by atoms with E-state index < -0.39 is 11.6 Å². The molecule has 0 aliphatic carbocycles. The zero-order valence-electron chi connectivity index (χ0n) is 10.0. The van der Waals surface area contributed by atoms with Crippen LogP contribution in [0.2, 0.25) is 0 Å². The molecular weight excluding hydrogens is 244 g/mol. The second-order valence-corrected chi connectivity index (χ2v) is 5.68. The molecular formula is C12H15F2NOS. The van der Waals surface area contributed by atoms with Crippen LogP contribution in [0.4, 0.5) is 8.78 Å². The third-order valence-electron chi connectivity index (χ3n) is 1.77. The summed E-state index contributed by atoms with van der Waals surface area (Å²) in [5.74, 6) is -1.32. The molecule has 1 amide bonds. The molecule has 1 aromatic carbocycles. The van der Waals surface area contributed by atoms with Gasteiger partial charge in [-0.25, -0.2) is 8.78 Å². The highest BCUT2D eigenvalue weighted by Gasteiger charge is 2.14. The van der Waals surface area contributed by atoms with Crippen molar-refractivity contribution in [1.29, 1.82) is 0 Å². The first-order chi connectivity index (χ1) is 7.78. The monoisotopic (exact) mass is 259 g/mol. The molecule has 1 aromatic rings. The molecule has 0 aliphatic rings. The average Bonchev–Trinajstić information content (AvgIpc) is 2.13. The number of carbonyl (C=O) groups is 1. The van der Waals surface area contributed by atoms with Crippen LogP contribution in [0.5, 0.6) is 0 Å². The first-order valence-corrected chi connectivity index (χ1v) is 6.15. The van der Waals surface area contributed by atoms with Gasteiger partial charge >= 0.3 is 0 Å². The van der Waals surface area contributed by atoms with Gasteiger partial charge in [-0.3, -0.25) is 4.79 Å². The van der Waals surface area contributed by atoms with Gasteiger partial charge in [-0.2, -0.15) is 0 Å². The largest absolute Gasteiger partial charge is 0.351 e. The van der Waals surface area contributed by atoms with Crippen LogP contribution in [0.15, 0.2) is 23.1 Å². The third-order valence-corrected chi connectivity index (χ3v) is 2.82. The van der Waals surface area contributed by atoms with Crippen molar-refractivity contribution in [3.05, 3.63) is 29.8 Å². The van der Waals surface area contributed by atoms with Gasteiger partial charge in [-0.05, 0) is 32.9 Å². The Labute approximate surface area is 104 Å². The number of halogens is 2. The summed E-state index contributed by atoms with van der Waals surface area (Å²) in [5.41, 5.74) is -0.307. The molecule has 0 aromatic heterocycles. The quantitative estimate of drug-likeness (QED) is 0.846. The van der Waals surface area contributed by atoms with Crippen molar-refractivity contribution >= 4 is 17.7 Å². The van der Waals surface area contributed by atoms with Crippen LogP contribution in [0, 0.1) is 11.6 Å². The highest BCUT2D eigenvalue weighted by atomic mass is 32.2. The Morgan fingerprint density at radius 2 is 2.00 bits per heavy atom. The number of hydrogen-bond donors (Lipinski definition) is 1. The SMILES string of the molecule is CC(C)(C)NC(=O)CSc1ccc(F)cc1F. The fourth-order valence-electron chi connectivity index (χ4n) is 1.19. The summed E-state index contributed by atoms with van der Waals surface area (Å²) in [6.45, 7) is 5.61. The predicted octanol–water partition coefficient (Wildman–Crippen LogP) is 2.97. The number of rotatable bonds is 3. The molecule has 1 N–H and O–H groups in total. The third kappa shape index (κ3) is 5.17. The Bertz CT molecular complexity index is 415. The number of thioether (sulfide) groups is 1. The second kappa shape index (κ2) is 5.49. The van der Waals surface area contributed by atoms with Crippen molar-refractivity contribution in [2.45, 2.75) is 31.2 Å². The number of hydrogen-bond acceptors (Lipinski definition) is 2. The van der Waals surface area contributed by atoms with Crippen molar-refractivity contribution in [2.75, 3.05) is 5.75 Å². The number of nitrogens with one attached hydrogen (secondary N) is 1. The van der Waals surface area contributed by atoms with E-state index in [1.165, 1.54) is 12.1 Å². The van der Waals surface area contributed by atoms with E-state index in [4.69, 9.17) is 0 Å². The van der Waals surface area contributed by atoms with Gasteiger partial charge in [0.1, 0.15) is 11.6 Å². The maximum atomic E-state index is 13.2. The molecule has 0 unspecified atom stereocenters. The summed E-state index contributed by atoms with van der Waals surface area (Å²) in [7, 11) is 0. The molecule has 0 aliphatic heterocycles. The van der Waals surface area contributed by atoms with Crippen molar-refractivity contribution in [2.24, 2.45) is 0 Å². The van der Waals surface area contributed by atoms with E-state index in [-0.39, 0.29) is 22.1 Å². The van der Waals surface area contributed by atoms with Crippen molar-refractivity contribution in [1.82, 2.24) is 5.32 Å². The van der Waals surface area contributed by atoms with E-state index in [9.17, 15) is 13.6 Å². The molecule has 0 spiro atoms. The minimum Gasteiger partial charge on any atom is -0.351 e. The molecule has 2 nitrogen and oxygen atoms in total. The van der Waals surface area contributed by atoms with Crippen molar-refractivity contribution < 1.29 is 13.6 Å². The Balaban J connectivity index is 2.53. The zero-order valence-corrected chi connectivity index (χ0v) is 10.8. The lowest BCUT2D eigenvalue weighted by Crippen LogP contribution is -2.41. The standard InChI is InChI=1S/C12H15F2NOS/c1-12(2,3)15-11(16)7-17-10-5-4-8(13)6-9(10)14/h4-6H,7H2,1-3H3,(H,15,16). The van der Waals surface area contributed by atoms with Crippen LogP contribution in [0.3, 0.4) is 0 Å². The molecule has 0 fully saturated rings. The topological polar surface area (TPSA) is 29.1 Å².